The van der Waals surface area contributed by atoms with Gasteiger partial charge in [0.25, 0.3) is 0 Å². The van der Waals surface area contributed by atoms with Crippen LogP contribution < -0.4 is 10.1 Å². The molecule has 0 aliphatic heterocycles. The lowest BCUT2D eigenvalue weighted by molar-refractivity contribution is 0.0635. The third-order valence-corrected chi connectivity index (χ3v) is 4.27. The maximum Gasteiger partial charge on any atom is 0.413 e. The molecule has 0 spiro atoms. The number of carbonyl (C=O) groups is 1. The van der Waals surface area contributed by atoms with Crippen molar-refractivity contribution >= 4 is 35.1 Å². The Hall–Kier alpha value is -2.28. The van der Waals surface area contributed by atoms with E-state index in [2.05, 4.69) is 16.9 Å². The van der Waals surface area contributed by atoms with Crippen LogP contribution in [0.1, 0.15) is 38.0 Å². The van der Waals surface area contributed by atoms with Crippen LogP contribution in [0.25, 0.3) is 0 Å². The molecule has 1 unspecified atom stereocenters. The van der Waals surface area contributed by atoms with E-state index in [-0.39, 0.29) is 22.5 Å². The first kappa shape index (κ1) is 22.0. The molecule has 0 bridgehead atoms. The molecular weight excluding hydrogens is 403 g/mol. The molecule has 2 aromatic rings. The quantitative estimate of drug-likeness (QED) is 0.608. The lowest BCUT2D eigenvalue weighted by Crippen LogP contribution is -2.27. The smallest absolute Gasteiger partial charge is 0.413 e. The number of aliphatic hydroxyl groups excluding tert-OH is 1. The molecule has 6 nitrogen and oxygen atoms in total. The fourth-order valence-corrected chi connectivity index (χ4v) is 2.72. The number of carbonyl (C=O) groups excluding carboxylic acids is 1. The van der Waals surface area contributed by atoms with Gasteiger partial charge >= 0.3 is 6.09 Å². The summed E-state index contributed by atoms with van der Waals surface area (Å²) < 4.78 is 10.7. The minimum Gasteiger partial charge on any atom is -0.489 e. The van der Waals surface area contributed by atoms with Gasteiger partial charge in [0, 0.05) is 17.3 Å². The van der Waals surface area contributed by atoms with Gasteiger partial charge in [-0.1, -0.05) is 41.9 Å². The van der Waals surface area contributed by atoms with Crippen LogP contribution in [0.15, 0.2) is 43.1 Å². The molecule has 0 radical (unpaired) electrons. The van der Waals surface area contributed by atoms with Crippen LogP contribution in [0, 0.1) is 0 Å². The number of rotatable bonds is 6. The molecular formula is C20H22Cl2N2O4. The summed E-state index contributed by atoms with van der Waals surface area (Å²) in [5.74, 6) is 0.670. The lowest BCUT2D eigenvalue weighted by atomic mass is 10.0. The molecule has 28 heavy (non-hydrogen) atoms. The van der Waals surface area contributed by atoms with Crippen molar-refractivity contribution in [1.29, 1.82) is 0 Å². The molecule has 0 saturated heterocycles. The second-order valence-corrected chi connectivity index (χ2v) is 7.66. The Kier molecular flexibility index (Phi) is 7.29. The van der Waals surface area contributed by atoms with Gasteiger partial charge in [-0.25, -0.2) is 9.78 Å². The summed E-state index contributed by atoms with van der Waals surface area (Å²) >= 11 is 12.4. The van der Waals surface area contributed by atoms with E-state index in [1.807, 2.05) is 0 Å². The normalized spacial score (nSPS) is 12.2. The molecule has 2 N–H and O–H groups in total. The van der Waals surface area contributed by atoms with Crippen LogP contribution in [0.4, 0.5) is 10.6 Å². The molecule has 1 aromatic carbocycles. The second-order valence-electron chi connectivity index (χ2n) is 6.88. The van der Waals surface area contributed by atoms with Gasteiger partial charge in [0.2, 0.25) is 0 Å². The van der Waals surface area contributed by atoms with Gasteiger partial charge in [0.15, 0.2) is 0 Å². The van der Waals surface area contributed by atoms with Crippen LogP contribution >= 0.6 is 23.2 Å². The number of nitrogens with one attached hydrogen (secondary N) is 1. The lowest BCUT2D eigenvalue weighted by Gasteiger charge is -2.20. The number of halogens is 2. The van der Waals surface area contributed by atoms with Crippen molar-refractivity contribution in [1.82, 2.24) is 4.98 Å². The average Bonchev–Trinajstić information content (AvgIpc) is 2.61. The largest absolute Gasteiger partial charge is 0.489 e. The molecule has 0 aliphatic rings. The zero-order chi connectivity index (χ0) is 20.9. The summed E-state index contributed by atoms with van der Waals surface area (Å²) in [6.45, 7) is 9.14. The van der Waals surface area contributed by atoms with Gasteiger partial charge < -0.3 is 14.6 Å². The number of amides is 1. The molecule has 1 amide bonds. The highest BCUT2D eigenvalue weighted by atomic mass is 35.5. The Bertz CT molecular complexity index is 849. The molecule has 150 valence electrons. The number of anilines is 1. The highest BCUT2D eigenvalue weighted by molar-refractivity contribution is 6.42. The van der Waals surface area contributed by atoms with E-state index in [0.717, 1.165) is 0 Å². The summed E-state index contributed by atoms with van der Waals surface area (Å²) in [7, 11) is 0. The van der Waals surface area contributed by atoms with Crippen LogP contribution in [-0.4, -0.2) is 28.4 Å². The molecule has 1 heterocycles. The molecule has 8 heteroatoms. The number of nitrogens with zero attached hydrogens (tertiary/aromatic N) is 1. The first-order valence-corrected chi connectivity index (χ1v) is 9.23. The van der Waals surface area contributed by atoms with Crippen molar-refractivity contribution in [3.05, 3.63) is 64.3 Å². The van der Waals surface area contributed by atoms with Crippen molar-refractivity contribution in [2.24, 2.45) is 0 Å². The first-order chi connectivity index (χ1) is 13.1. The first-order valence-electron chi connectivity index (χ1n) is 8.48. The molecule has 2 rings (SSSR count). The van der Waals surface area contributed by atoms with E-state index >= 15 is 0 Å². The van der Waals surface area contributed by atoms with E-state index in [4.69, 9.17) is 32.7 Å². The van der Waals surface area contributed by atoms with E-state index < -0.39 is 17.8 Å². The predicted octanol–water partition coefficient (Wildman–Crippen LogP) is 5.38. The zero-order valence-corrected chi connectivity index (χ0v) is 17.3. The Labute approximate surface area is 174 Å². The third-order valence-electron chi connectivity index (χ3n) is 3.45. The Morgan fingerprint density at radius 2 is 2.04 bits per heavy atom. The summed E-state index contributed by atoms with van der Waals surface area (Å²) in [5, 5.41) is 13.8. The maximum atomic E-state index is 11.8. The number of aliphatic hydroxyl groups is 1. The van der Waals surface area contributed by atoms with E-state index in [1.165, 1.54) is 6.20 Å². The van der Waals surface area contributed by atoms with Gasteiger partial charge in [0.05, 0.1) is 10.0 Å². The van der Waals surface area contributed by atoms with Crippen LogP contribution in [0.2, 0.25) is 10.0 Å². The van der Waals surface area contributed by atoms with Crippen LogP contribution in [0.5, 0.6) is 5.75 Å². The Morgan fingerprint density at radius 1 is 1.32 bits per heavy atom. The summed E-state index contributed by atoms with van der Waals surface area (Å²) in [6, 6.07) is 6.37. The minimum absolute atomic E-state index is 0.187. The molecule has 0 fully saturated rings. The molecule has 0 aliphatic carbocycles. The summed E-state index contributed by atoms with van der Waals surface area (Å²) in [6.07, 6.45) is 1.25. The highest BCUT2D eigenvalue weighted by Crippen LogP contribution is 2.39. The monoisotopic (exact) mass is 424 g/mol. The minimum atomic E-state index is -1.13. The predicted molar refractivity (Wildman–Crippen MR) is 110 cm³/mol. The van der Waals surface area contributed by atoms with Gasteiger partial charge in [-0.05, 0) is 39.0 Å². The topological polar surface area (TPSA) is 80.7 Å². The number of hydrogen-bond donors (Lipinski definition) is 2. The Balaban J connectivity index is 2.23. The SMILES string of the molecule is C=CCOc1ccc(Cl)c(Cl)c1C(O)c1ccc(NC(=O)OC(C)(C)C)nc1. The molecule has 0 saturated carbocycles. The van der Waals surface area contributed by atoms with E-state index in [0.29, 0.717) is 16.9 Å². The third kappa shape index (κ3) is 5.86. The second kappa shape index (κ2) is 9.28. The Morgan fingerprint density at radius 3 is 2.61 bits per heavy atom. The van der Waals surface area contributed by atoms with Crippen molar-refractivity contribution in [2.75, 3.05) is 11.9 Å². The maximum absolute atomic E-state index is 11.8. The number of pyridine rings is 1. The van der Waals surface area contributed by atoms with Crippen molar-refractivity contribution in [3.63, 3.8) is 0 Å². The van der Waals surface area contributed by atoms with E-state index in [9.17, 15) is 9.90 Å². The number of aromatic nitrogens is 1. The fraction of sp³-hybridized carbons (Fsp3) is 0.300. The van der Waals surface area contributed by atoms with Crippen molar-refractivity contribution in [2.45, 2.75) is 32.5 Å². The van der Waals surface area contributed by atoms with Gasteiger partial charge in [-0.15, -0.1) is 0 Å². The molecule has 1 atom stereocenters. The number of benzene rings is 1. The highest BCUT2D eigenvalue weighted by Gasteiger charge is 2.22. The number of ether oxygens (including phenoxy) is 2. The fourth-order valence-electron chi connectivity index (χ4n) is 2.29. The van der Waals surface area contributed by atoms with Gasteiger partial charge in [-0.2, -0.15) is 0 Å². The van der Waals surface area contributed by atoms with Gasteiger partial charge in [-0.3, -0.25) is 5.32 Å². The van der Waals surface area contributed by atoms with Crippen LogP contribution in [-0.2, 0) is 4.74 Å². The molecule has 1 aromatic heterocycles. The summed E-state index contributed by atoms with van der Waals surface area (Å²) in [5.41, 5.74) is 0.152. The van der Waals surface area contributed by atoms with Crippen molar-refractivity contribution in [3.8, 4) is 5.75 Å². The van der Waals surface area contributed by atoms with Gasteiger partial charge in [0.1, 0.15) is 29.9 Å². The zero-order valence-electron chi connectivity index (χ0n) is 15.8. The average molecular weight is 425 g/mol. The van der Waals surface area contributed by atoms with Crippen molar-refractivity contribution < 1.29 is 19.4 Å². The van der Waals surface area contributed by atoms with Crippen LogP contribution in [0.3, 0.4) is 0 Å². The summed E-state index contributed by atoms with van der Waals surface area (Å²) in [4.78, 5) is 16.0. The standard InChI is InChI=1S/C20H22Cl2N2O4/c1-5-10-27-14-8-7-13(21)17(22)16(14)18(25)12-6-9-15(23-11-12)24-19(26)28-20(2,3)4/h5-9,11,18,25H,1,10H2,2-4H3,(H,23,24,26). The number of hydrogen-bond acceptors (Lipinski definition) is 5. The van der Waals surface area contributed by atoms with E-state index in [1.54, 1.807) is 51.1 Å².